The molecular formula is C15H17NO4. The Morgan fingerprint density at radius 3 is 2.50 bits per heavy atom. The third-order valence-electron chi connectivity index (χ3n) is 3.75. The SMILES string of the molecule is O=C(C(=O)N1CCC[C@H]1C1OCCO1)c1ccccc1. The molecule has 0 aromatic heterocycles. The highest BCUT2D eigenvalue weighted by atomic mass is 16.7. The van der Waals surface area contributed by atoms with Crippen molar-refractivity contribution in [1.29, 1.82) is 0 Å². The molecule has 0 saturated carbocycles. The summed E-state index contributed by atoms with van der Waals surface area (Å²) >= 11 is 0. The molecule has 5 nitrogen and oxygen atoms in total. The highest BCUT2D eigenvalue weighted by Crippen LogP contribution is 2.25. The number of Topliss-reactive ketones (excluding diaryl/α,β-unsaturated/α-hetero) is 1. The zero-order valence-corrected chi connectivity index (χ0v) is 11.2. The number of hydrogen-bond donors (Lipinski definition) is 0. The highest BCUT2D eigenvalue weighted by molar-refractivity contribution is 6.42. The van der Waals surface area contributed by atoms with E-state index in [0.29, 0.717) is 25.3 Å². The number of ketones is 1. The fourth-order valence-electron chi connectivity index (χ4n) is 2.77. The second-order valence-corrected chi connectivity index (χ2v) is 5.01. The van der Waals surface area contributed by atoms with Gasteiger partial charge in [-0.3, -0.25) is 9.59 Å². The van der Waals surface area contributed by atoms with Gasteiger partial charge in [-0.05, 0) is 12.8 Å². The number of carbonyl (C=O) groups is 2. The van der Waals surface area contributed by atoms with E-state index in [1.807, 2.05) is 6.07 Å². The Kier molecular flexibility index (Phi) is 3.80. The van der Waals surface area contributed by atoms with Crippen LogP contribution in [0, 0.1) is 0 Å². The Morgan fingerprint density at radius 2 is 1.80 bits per heavy atom. The van der Waals surface area contributed by atoms with Crippen molar-refractivity contribution in [2.24, 2.45) is 0 Å². The maximum absolute atomic E-state index is 12.4. The highest BCUT2D eigenvalue weighted by Gasteiger charge is 2.39. The fraction of sp³-hybridized carbons (Fsp3) is 0.467. The van der Waals surface area contributed by atoms with Crippen LogP contribution in [0.4, 0.5) is 0 Å². The zero-order chi connectivity index (χ0) is 13.9. The number of amides is 1. The van der Waals surface area contributed by atoms with E-state index >= 15 is 0 Å². The van der Waals surface area contributed by atoms with E-state index in [9.17, 15) is 9.59 Å². The summed E-state index contributed by atoms with van der Waals surface area (Å²) in [5.74, 6) is -0.923. The monoisotopic (exact) mass is 275 g/mol. The van der Waals surface area contributed by atoms with Gasteiger partial charge in [0.15, 0.2) is 6.29 Å². The van der Waals surface area contributed by atoms with E-state index in [1.54, 1.807) is 29.2 Å². The Morgan fingerprint density at radius 1 is 1.10 bits per heavy atom. The lowest BCUT2D eigenvalue weighted by molar-refractivity contribution is -0.137. The van der Waals surface area contributed by atoms with Crippen molar-refractivity contribution >= 4 is 11.7 Å². The van der Waals surface area contributed by atoms with Crippen molar-refractivity contribution in [2.45, 2.75) is 25.2 Å². The third kappa shape index (κ3) is 2.46. The lowest BCUT2D eigenvalue weighted by Gasteiger charge is -2.27. The first-order valence-corrected chi connectivity index (χ1v) is 6.91. The van der Waals surface area contributed by atoms with Gasteiger partial charge in [0.05, 0.1) is 19.3 Å². The van der Waals surface area contributed by atoms with E-state index in [4.69, 9.17) is 9.47 Å². The van der Waals surface area contributed by atoms with Crippen molar-refractivity contribution in [1.82, 2.24) is 4.90 Å². The molecule has 2 aliphatic rings. The van der Waals surface area contributed by atoms with Gasteiger partial charge in [-0.25, -0.2) is 0 Å². The summed E-state index contributed by atoms with van der Waals surface area (Å²) in [5.41, 5.74) is 0.427. The first-order chi connectivity index (χ1) is 9.77. The maximum Gasteiger partial charge on any atom is 0.295 e. The minimum Gasteiger partial charge on any atom is -0.348 e. The van der Waals surface area contributed by atoms with Crippen LogP contribution in [0.3, 0.4) is 0 Å². The lowest BCUT2D eigenvalue weighted by Crippen LogP contribution is -2.46. The van der Waals surface area contributed by atoms with Gasteiger partial charge in [0.1, 0.15) is 0 Å². The molecule has 2 aliphatic heterocycles. The number of benzene rings is 1. The van der Waals surface area contributed by atoms with Crippen molar-refractivity contribution in [3.63, 3.8) is 0 Å². The number of nitrogens with zero attached hydrogens (tertiary/aromatic N) is 1. The van der Waals surface area contributed by atoms with E-state index in [0.717, 1.165) is 12.8 Å². The van der Waals surface area contributed by atoms with E-state index in [2.05, 4.69) is 0 Å². The van der Waals surface area contributed by atoms with Crippen LogP contribution < -0.4 is 0 Å². The maximum atomic E-state index is 12.4. The molecule has 2 fully saturated rings. The Bertz CT molecular complexity index is 496. The third-order valence-corrected chi connectivity index (χ3v) is 3.75. The average Bonchev–Trinajstić information content (AvgIpc) is 3.16. The summed E-state index contributed by atoms with van der Waals surface area (Å²) in [5, 5.41) is 0. The molecular weight excluding hydrogens is 258 g/mol. The van der Waals surface area contributed by atoms with Crippen LogP contribution in [0.25, 0.3) is 0 Å². The molecule has 0 unspecified atom stereocenters. The normalized spacial score (nSPS) is 23.2. The number of likely N-dealkylation sites (tertiary alicyclic amines) is 1. The van der Waals surface area contributed by atoms with Gasteiger partial charge in [0.2, 0.25) is 5.78 Å². The van der Waals surface area contributed by atoms with Gasteiger partial charge in [-0.15, -0.1) is 0 Å². The van der Waals surface area contributed by atoms with Crippen LogP contribution in [0.2, 0.25) is 0 Å². The largest absolute Gasteiger partial charge is 0.348 e. The van der Waals surface area contributed by atoms with Crippen LogP contribution in [-0.2, 0) is 14.3 Å². The predicted octanol–water partition coefficient (Wildman–Crippen LogP) is 1.23. The van der Waals surface area contributed by atoms with E-state index in [-0.39, 0.29) is 12.3 Å². The Labute approximate surface area is 117 Å². The molecule has 0 spiro atoms. The summed E-state index contributed by atoms with van der Waals surface area (Å²) in [4.78, 5) is 26.2. The predicted molar refractivity (Wildman–Crippen MR) is 71.2 cm³/mol. The van der Waals surface area contributed by atoms with Crippen LogP contribution in [0.1, 0.15) is 23.2 Å². The summed E-state index contributed by atoms with van der Waals surface area (Å²) in [6.45, 7) is 1.69. The molecule has 1 aromatic rings. The van der Waals surface area contributed by atoms with Crippen molar-refractivity contribution in [3.8, 4) is 0 Å². The van der Waals surface area contributed by atoms with E-state index in [1.165, 1.54) is 0 Å². The van der Waals surface area contributed by atoms with Gasteiger partial charge in [-0.1, -0.05) is 30.3 Å². The topological polar surface area (TPSA) is 55.8 Å². The minimum absolute atomic E-state index is 0.141. The molecule has 2 saturated heterocycles. The van der Waals surface area contributed by atoms with Crippen molar-refractivity contribution < 1.29 is 19.1 Å². The van der Waals surface area contributed by atoms with Crippen molar-refractivity contribution in [3.05, 3.63) is 35.9 Å². The molecule has 2 heterocycles. The molecule has 1 aromatic carbocycles. The second-order valence-electron chi connectivity index (χ2n) is 5.01. The van der Waals surface area contributed by atoms with Gasteiger partial charge in [-0.2, -0.15) is 0 Å². The van der Waals surface area contributed by atoms with Crippen molar-refractivity contribution in [2.75, 3.05) is 19.8 Å². The van der Waals surface area contributed by atoms with Crippen LogP contribution in [0.15, 0.2) is 30.3 Å². The summed E-state index contributed by atoms with van der Waals surface area (Å²) < 4.78 is 11.0. The molecule has 5 heteroatoms. The van der Waals surface area contributed by atoms with Gasteiger partial charge >= 0.3 is 0 Å². The smallest absolute Gasteiger partial charge is 0.295 e. The summed E-state index contributed by atoms with van der Waals surface area (Å²) in [6.07, 6.45) is 1.31. The lowest BCUT2D eigenvalue weighted by atomic mass is 10.1. The van der Waals surface area contributed by atoms with E-state index < -0.39 is 11.7 Å². The molecule has 106 valence electrons. The molecule has 0 bridgehead atoms. The molecule has 1 atom stereocenters. The van der Waals surface area contributed by atoms with Crippen LogP contribution >= 0.6 is 0 Å². The standard InChI is InChI=1S/C15H17NO4/c17-13(11-5-2-1-3-6-11)14(18)16-8-4-7-12(16)15-19-9-10-20-15/h1-3,5-6,12,15H,4,7-10H2/t12-/m0/s1. The zero-order valence-electron chi connectivity index (χ0n) is 11.2. The molecule has 1 amide bonds. The molecule has 0 aliphatic carbocycles. The van der Waals surface area contributed by atoms with Gasteiger partial charge in [0.25, 0.3) is 5.91 Å². The molecule has 0 radical (unpaired) electrons. The summed E-state index contributed by atoms with van der Waals surface area (Å²) in [7, 11) is 0. The fourth-order valence-corrected chi connectivity index (χ4v) is 2.77. The second kappa shape index (κ2) is 5.73. The number of ether oxygens (including phenoxy) is 2. The van der Waals surface area contributed by atoms with Gasteiger partial charge < -0.3 is 14.4 Å². The number of hydrogen-bond acceptors (Lipinski definition) is 4. The van der Waals surface area contributed by atoms with Crippen LogP contribution in [-0.4, -0.2) is 48.7 Å². The molecule has 20 heavy (non-hydrogen) atoms. The quantitative estimate of drug-likeness (QED) is 0.615. The Hall–Kier alpha value is -1.72. The average molecular weight is 275 g/mol. The van der Waals surface area contributed by atoms with Crippen LogP contribution in [0.5, 0.6) is 0 Å². The minimum atomic E-state index is -0.463. The number of rotatable bonds is 3. The first kappa shape index (κ1) is 13.3. The molecule has 3 rings (SSSR count). The summed E-state index contributed by atoms with van der Waals surface area (Å²) in [6, 6.07) is 8.51. The molecule has 0 N–H and O–H groups in total. The Balaban J connectivity index is 1.74. The first-order valence-electron chi connectivity index (χ1n) is 6.91. The number of carbonyl (C=O) groups excluding carboxylic acids is 2. The van der Waals surface area contributed by atoms with Gasteiger partial charge in [0, 0.05) is 12.1 Å².